The van der Waals surface area contributed by atoms with E-state index in [1.807, 2.05) is 5.38 Å². The summed E-state index contributed by atoms with van der Waals surface area (Å²) in [7, 11) is 3.22. The van der Waals surface area contributed by atoms with Crippen molar-refractivity contribution in [2.75, 3.05) is 27.4 Å². The Morgan fingerprint density at radius 1 is 1.59 bits per heavy atom. The van der Waals surface area contributed by atoms with Crippen LogP contribution in [-0.4, -0.2) is 38.1 Å². The lowest BCUT2D eigenvalue weighted by atomic mass is 10.3. The minimum atomic E-state index is -0.0889. The summed E-state index contributed by atoms with van der Waals surface area (Å²) < 4.78 is 10.1. The zero-order valence-electron chi connectivity index (χ0n) is 9.86. The van der Waals surface area contributed by atoms with Gasteiger partial charge in [-0.1, -0.05) is 15.9 Å². The van der Waals surface area contributed by atoms with Gasteiger partial charge < -0.3 is 14.8 Å². The summed E-state index contributed by atoms with van der Waals surface area (Å²) in [5.74, 6) is 0.536. The van der Waals surface area contributed by atoms with E-state index in [2.05, 4.69) is 21.2 Å². The van der Waals surface area contributed by atoms with E-state index in [9.17, 15) is 4.79 Å². The van der Waals surface area contributed by atoms with Gasteiger partial charge in [-0.15, -0.1) is 11.3 Å². The maximum atomic E-state index is 11.8. The number of nitrogens with one attached hydrogen (secondary N) is 1. The van der Waals surface area contributed by atoms with Crippen molar-refractivity contribution in [3.8, 4) is 5.75 Å². The van der Waals surface area contributed by atoms with Gasteiger partial charge in [-0.05, 0) is 17.9 Å². The van der Waals surface area contributed by atoms with E-state index in [0.717, 1.165) is 6.42 Å². The smallest absolute Gasteiger partial charge is 0.265 e. The lowest BCUT2D eigenvalue weighted by Crippen LogP contribution is -2.26. The van der Waals surface area contributed by atoms with E-state index in [-0.39, 0.29) is 10.7 Å². The zero-order chi connectivity index (χ0) is 12.7. The van der Waals surface area contributed by atoms with Crippen LogP contribution in [0, 0.1) is 0 Å². The summed E-state index contributed by atoms with van der Waals surface area (Å²) in [6.45, 7) is 1.25. The van der Waals surface area contributed by atoms with Crippen molar-refractivity contribution < 1.29 is 14.3 Å². The molecule has 0 aliphatic rings. The maximum Gasteiger partial charge on any atom is 0.265 e. The van der Waals surface area contributed by atoms with Gasteiger partial charge in [0.15, 0.2) is 0 Å². The Hall–Kier alpha value is -0.590. The number of alkyl halides is 1. The van der Waals surface area contributed by atoms with Crippen LogP contribution in [0.1, 0.15) is 16.1 Å². The Labute approximate surface area is 113 Å². The number of thiophene rings is 1. The van der Waals surface area contributed by atoms with Crippen molar-refractivity contribution in [1.29, 1.82) is 0 Å². The molecule has 0 aromatic carbocycles. The second kappa shape index (κ2) is 7.68. The molecule has 17 heavy (non-hydrogen) atoms. The SMILES string of the molecule is COCC(Br)CCNC(=O)c1sccc1OC. The molecular weight excluding hydrogens is 306 g/mol. The van der Waals surface area contributed by atoms with E-state index in [1.165, 1.54) is 11.3 Å². The van der Waals surface area contributed by atoms with Gasteiger partial charge in [0, 0.05) is 18.5 Å². The predicted octanol–water partition coefficient (Wildman–Crippen LogP) is 2.29. The van der Waals surface area contributed by atoms with Gasteiger partial charge in [-0.3, -0.25) is 4.79 Å². The summed E-state index contributed by atoms with van der Waals surface area (Å²) in [6, 6.07) is 1.79. The van der Waals surface area contributed by atoms with Crippen LogP contribution in [0.25, 0.3) is 0 Å². The normalized spacial score (nSPS) is 12.2. The van der Waals surface area contributed by atoms with E-state index < -0.39 is 0 Å². The van der Waals surface area contributed by atoms with Crippen molar-refractivity contribution >= 4 is 33.2 Å². The van der Waals surface area contributed by atoms with Crippen LogP contribution in [-0.2, 0) is 4.74 Å². The fraction of sp³-hybridized carbons (Fsp3) is 0.545. The third-order valence-electron chi connectivity index (χ3n) is 2.15. The standard InChI is InChI=1S/C11H16BrNO3S/c1-15-7-8(12)3-5-13-11(14)10-9(16-2)4-6-17-10/h4,6,8H,3,5,7H2,1-2H3,(H,13,14). The van der Waals surface area contributed by atoms with Gasteiger partial charge in [-0.2, -0.15) is 0 Å². The Kier molecular flexibility index (Phi) is 6.54. The van der Waals surface area contributed by atoms with Crippen molar-refractivity contribution in [2.45, 2.75) is 11.2 Å². The van der Waals surface area contributed by atoms with E-state index in [4.69, 9.17) is 9.47 Å². The Morgan fingerprint density at radius 2 is 2.35 bits per heavy atom. The molecule has 0 fully saturated rings. The molecule has 1 heterocycles. The van der Waals surface area contributed by atoms with E-state index in [1.54, 1.807) is 20.3 Å². The highest BCUT2D eigenvalue weighted by Gasteiger charge is 2.13. The second-order valence-corrected chi connectivity index (χ2v) is 5.63. The number of hydrogen-bond acceptors (Lipinski definition) is 4. The first kappa shape index (κ1) is 14.5. The highest BCUT2D eigenvalue weighted by atomic mass is 79.9. The van der Waals surface area contributed by atoms with Crippen LogP contribution in [0.5, 0.6) is 5.75 Å². The lowest BCUT2D eigenvalue weighted by Gasteiger charge is -2.09. The first-order valence-electron chi connectivity index (χ1n) is 5.21. The third-order valence-corrected chi connectivity index (χ3v) is 3.76. The molecule has 1 amide bonds. The fourth-order valence-electron chi connectivity index (χ4n) is 1.31. The first-order chi connectivity index (χ1) is 8.19. The quantitative estimate of drug-likeness (QED) is 0.784. The minimum absolute atomic E-state index is 0.0889. The summed E-state index contributed by atoms with van der Waals surface area (Å²) in [4.78, 5) is 12.7. The molecule has 1 aromatic heterocycles. The van der Waals surface area contributed by atoms with Crippen LogP contribution >= 0.6 is 27.3 Å². The first-order valence-corrected chi connectivity index (χ1v) is 7.01. The van der Waals surface area contributed by atoms with E-state index >= 15 is 0 Å². The third kappa shape index (κ3) is 4.65. The maximum absolute atomic E-state index is 11.8. The zero-order valence-corrected chi connectivity index (χ0v) is 12.3. The lowest BCUT2D eigenvalue weighted by molar-refractivity contribution is 0.0953. The van der Waals surface area contributed by atoms with E-state index in [0.29, 0.717) is 23.8 Å². The van der Waals surface area contributed by atoms with Crippen molar-refractivity contribution in [3.63, 3.8) is 0 Å². The molecule has 0 aliphatic heterocycles. The molecule has 96 valence electrons. The number of carbonyl (C=O) groups is 1. The summed E-state index contributed by atoms with van der Waals surface area (Å²) >= 11 is 4.84. The highest BCUT2D eigenvalue weighted by Crippen LogP contribution is 2.23. The molecule has 1 N–H and O–H groups in total. The summed E-state index contributed by atoms with van der Waals surface area (Å²) in [5.41, 5.74) is 0. The number of ether oxygens (including phenoxy) is 2. The molecule has 1 rings (SSSR count). The molecule has 1 unspecified atom stereocenters. The molecular formula is C11H16BrNO3S. The molecule has 4 nitrogen and oxygen atoms in total. The van der Waals surface area contributed by atoms with Gasteiger partial charge in [-0.25, -0.2) is 0 Å². The van der Waals surface area contributed by atoms with Gasteiger partial charge in [0.05, 0.1) is 13.7 Å². The van der Waals surface area contributed by atoms with Gasteiger partial charge in [0.25, 0.3) is 5.91 Å². The number of carbonyl (C=O) groups excluding carboxylic acids is 1. The van der Waals surface area contributed by atoms with Crippen molar-refractivity contribution in [1.82, 2.24) is 5.32 Å². The molecule has 0 radical (unpaired) electrons. The van der Waals surface area contributed by atoms with Gasteiger partial charge in [0.2, 0.25) is 0 Å². The van der Waals surface area contributed by atoms with Crippen LogP contribution in [0.2, 0.25) is 0 Å². The second-order valence-electron chi connectivity index (χ2n) is 3.42. The minimum Gasteiger partial charge on any atom is -0.495 e. The van der Waals surface area contributed by atoms with Crippen LogP contribution in [0.15, 0.2) is 11.4 Å². The number of amides is 1. The van der Waals surface area contributed by atoms with Crippen LogP contribution < -0.4 is 10.1 Å². The molecule has 0 aliphatic carbocycles. The average molecular weight is 322 g/mol. The molecule has 0 bridgehead atoms. The van der Waals surface area contributed by atoms with Gasteiger partial charge >= 0.3 is 0 Å². The van der Waals surface area contributed by atoms with Gasteiger partial charge in [0.1, 0.15) is 10.6 Å². The molecule has 0 saturated carbocycles. The Balaban J connectivity index is 2.35. The topological polar surface area (TPSA) is 47.6 Å². The summed E-state index contributed by atoms with van der Waals surface area (Å²) in [5, 5.41) is 4.69. The number of methoxy groups -OCH3 is 2. The fourth-order valence-corrected chi connectivity index (χ4v) is 2.58. The predicted molar refractivity (Wildman–Crippen MR) is 72.4 cm³/mol. The number of hydrogen-bond donors (Lipinski definition) is 1. The van der Waals surface area contributed by atoms with Crippen molar-refractivity contribution in [2.24, 2.45) is 0 Å². The molecule has 1 atom stereocenters. The molecule has 0 spiro atoms. The molecule has 1 aromatic rings. The van der Waals surface area contributed by atoms with Crippen molar-refractivity contribution in [3.05, 3.63) is 16.3 Å². The highest BCUT2D eigenvalue weighted by molar-refractivity contribution is 9.09. The number of halogens is 1. The summed E-state index contributed by atoms with van der Waals surface area (Å²) in [6.07, 6.45) is 0.827. The Bertz CT molecular complexity index is 356. The largest absolute Gasteiger partial charge is 0.495 e. The van der Waals surface area contributed by atoms with Crippen LogP contribution in [0.3, 0.4) is 0 Å². The average Bonchev–Trinajstić information content (AvgIpc) is 2.77. The van der Waals surface area contributed by atoms with Crippen LogP contribution in [0.4, 0.5) is 0 Å². The molecule has 0 saturated heterocycles. The monoisotopic (exact) mass is 321 g/mol. The number of rotatable bonds is 7. The Morgan fingerprint density at radius 3 is 3.00 bits per heavy atom. The molecule has 6 heteroatoms.